The number of carboxylic acids is 1. The van der Waals surface area contributed by atoms with Crippen LogP contribution >= 0.6 is 0 Å². The predicted octanol–water partition coefficient (Wildman–Crippen LogP) is -0.160. The largest absolute Gasteiger partial charge is 0.481 e. The van der Waals surface area contributed by atoms with E-state index in [0.29, 0.717) is 12.8 Å². The Morgan fingerprint density at radius 2 is 2.08 bits per heavy atom. The van der Waals surface area contributed by atoms with Crippen LogP contribution in [0.2, 0.25) is 0 Å². The Labute approximate surface area is 70.8 Å². The average Bonchev–Trinajstić information content (AvgIpc) is 2.30. The van der Waals surface area contributed by atoms with Crippen molar-refractivity contribution >= 4 is 5.97 Å². The molecule has 1 saturated carbocycles. The van der Waals surface area contributed by atoms with Gasteiger partial charge in [0.25, 0.3) is 0 Å². The van der Waals surface area contributed by atoms with E-state index in [9.17, 15) is 9.90 Å². The number of aliphatic carboxylic acids is 1. The minimum Gasteiger partial charge on any atom is -0.481 e. The second-order valence-corrected chi connectivity index (χ2v) is 3.35. The summed E-state index contributed by atoms with van der Waals surface area (Å²) in [5.74, 6) is -1.14. The average molecular weight is 174 g/mol. The highest BCUT2D eigenvalue weighted by Crippen LogP contribution is 2.33. The van der Waals surface area contributed by atoms with Crippen LogP contribution < -0.4 is 0 Å². The van der Waals surface area contributed by atoms with Crippen LogP contribution in [-0.2, 0) is 4.79 Å². The Morgan fingerprint density at radius 1 is 1.42 bits per heavy atom. The number of aliphatic hydroxyl groups is 2. The molecule has 0 aliphatic heterocycles. The summed E-state index contributed by atoms with van der Waals surface area (Å²) >= 11 is 0. The fraction of sp³-hybridized carbons (Fsp3) is 0.875. The van der Waals surface area contributed by atoms with Gasteiger partial charge in [0.15, 0.2) is 0 Å². The number of carboxylic acid groups (broad SMARTS) is 1. The molecule has 1 aliphatic carbocycles. The molecule has 0 aromatic rings. The first-order valence-corrected chi connectivity index (χ1v) is 4.16. The van der Waals surface area contributed by atoms with E-state index in [1.165, 1.54) is 0 Å². The molecule has 0 aromatic carbocycles. The number of aliphatic hydroxyl groups excluding tert-OH is 2. The van der Waals surface area contributed by atoms with E-state index in [-0.39, 0.29) is 24.9 Å². The van der Waals surface area contributed by atoms with Crippen LogP contribution in [0.4, 0.5) is 0 Å². The lowest BCUT2D eigenvalue weighted by atomic mass is 9.93. The lowest BCUT2D eigenvalue weighted by molar-refractivity contribution is -0.138. The van der Waals surface area contributed by atoms with Crippen LogP contribution in [0.5, 0.6) is 0 Å². The molecular formula is C8H14O4. The quantitative estimate of drug-likeness (QED) is 0.555. The molecule has 0 unspecified atom stereocenters. The van der Waals surface area contributed by atoms with Gasteiger partial charge in [0, 0.05) is 18.9 Å². The lowest BCUT2D eigenvalue weighted by Gasteiger charge is -2.17. The molecular weight excluding hydrogens is 160 g/mol. The Morgan fingerprint density at radius 3 is 2.58 bits per heavy atom. The molecule has 0 heterocycles. The summed E-state index contributed by atoms with van der Waals surface area (Å²) in [6.45, 7) is -0.112. The van der Waals surface area contributed by atoms with Gasteiger partial charge in [-0.1, -0.05) is 0 Å². The molecule has 3 atom stereocenters. The molecule has 1 aliphatic rings. The van der Waals surface area contributed by atoms with E-state index in [0.717, 1.165) is 0 Å². The molecule has 0 spiro atoms. The van der Waals surface area contributed by atoms with Crippen molar-refractivity contribution < 1.29 is 20.1 Å². The Bertz CT molecular complexity index is 168. The highest BCUT2D eigenvalue weighted by atomic mass is 16.4. The topological polar surface area (TPSA) is 77.8 Å². The first-order chi connectivity index (χ1) is 5.65. The molecule has 0 saturated heterocycles. The van der Waals surface area contributed by atoms with Crippen LogP contribution in [0.25, 0.3) is 0 Å². The van der Waals surface area contributed by atoms with Gasteiger partial charge in [-0.2, -0.15) is 0 Å². The summed E-state index contributed by atoms with van der Waals surface area (Å²) in [6.07, 6.45) is 0.865. The third kappa shape index (κ3) is 1.95. The van der Waals surface area contributed by atoms with Crippen LogP contribution in [0, 0.1) is 11.8 Å². The third-order valence-corrected chi connectivity index (χ3v) is 2.58. The van der Waals surface area contributed by atoms with Crippen LogP contribution in [0.1, 0.15) is 19.3 Å². The fourth-order valence-electron chi connectivity index (χ4n) is 1.88. The molecule has 70 valence electrons. The number of hydrogen-bond donors (Lipinski definition) is 3. The first-order valence-electron chi connectivity index (χ1n) is 4.16. The number of rotatable bonds is 3. The molecule has 0 radical (unpaired) electrons. The molecule has 0 amide bonds. The zero-order valence-electron chi connectivity index (χ0n) is 6.81. The SMILES string of the molecule is O=C(O)C[C@@H]1CC[C@H](O)[C@H]1CO. The molecule has 4 heteroatoms. The van der Waals surface area contributed by atoms with Gasteiger partial charge >= 0.3 is 5.97 Å². The minimum absolute atomic E-state index is 0.0532. The maximum absolute atomic E-state index is 10.4. The van der Waals surface area contributed by atoms with Gasteiger partial charge in [-0.05, 0) is 18.8 Å². The zero-order valence-corrected chi connectivity index (χ0v) is 6.81. The van der Waals surface area contributed by atoms with Gasteiger partial charge in [0.1, 0.15) is 0 Å². The van der Waals surface area contributed by atoms with Crippen molar-refractivity contribution in [2.75, 3.05) is 6.61 Å². The van der Waals surface area contributed by atoms with E-state index in [4.69, 9.17) is 10.2 Å². The van der Waals surface area contributed by atoms with Gasteiger partial charge in [-0.25, -0.2) is 0 Å². The van der Waals surface area contributed by atoms with E-state index in [2.05, 4.69) is 0 Å². The second-order valence-electron chi connectivity index (χ2n) is 3.35. The predicted molar refractivity (Wildman–Crippen MR) is 41.6 cm³/mol. The molecule has 1 rings (SSSR count). The molecule has 1 fully saturated rings. The standard InChI is InChI=1S/C8H14O4/c9-4-6-5(3-8(11)12)1-2-7(6)10/h5-7,9-10H,1-4H2,(H,11,12)/t5-,6-,7-/m0/s1. The highest BCUT2D eigenvalue weighted by Gasteiger charge is 2.35. The highest BCUT2D eigenvalue weighted by molar-refractivity contribution is 5.67. The van der Waals surface area contributed by atoms with Crippen molar-refractivity contribution in [3.05, 3.63) is 0 Å². The van der Waals surface area contributed by atoms with Crippen LogP contribution in [0.15, 0.2) is 0 Å². The minimum atomic E-state index is -0.854. The monoisotopic (exact) mass is 174 g/mol. The second kappa shape index (κ2) is 3.87. The van der Waals surface area contributed by atoms with Crippen LogP contribution in [0.3, 0.4) is 0 Å². The van der Waals surface area contributed by atoms with Crippen molar-refractivity contribution in [1.29, 1.82) is 0 Å². The Kier molecular flexibility index (Phi) is 3.05. The summed E-state index contributed by atoms with van der Waals surface area (Å²) in [4.78, 5) is 10.4. The lowest BCUT2D eigenvalue weighted by Crippen LogP contribution is -2.24. The molecule has 4 nitrogen and oxygen atoms in total. The van der Waals surface area contributed by atoms with E-state index in [1.807, 2.05) is 0 Å². The third-order valence-electron chi connectivity index (χ3n) is 2.58. The Hall–Kier alpha value is -0.610. The summed E-state index contributed by atoms with van der Waals surface area (Å²) in [6, 6.07) is 0. The fourth-order valence-corrected chi connectivity index (χ4v) is 1.88. The van der Waals surface area contributed by atoms with Gasteiger partial charge < -0.3 is 15.3 Å². The molecule has 12 heavy (non-hydrogen) atoms. The van der Waals surface area contributed by atoms with Gasteiger partial charge in [-0.15, -0.1) is 0 Å². The number of carbonyl (C=O) groups is 1. The maximum Gasteiger partial charge on any atom is 0.303 e. The van der Waals surface area contributed by atoms with Gasteiger partial charge in [0.05, 0.1) is 6.10 Å². The first kappa shape index (κ1) is 9.48. The van der Waals surface area contributed by atoms with Gasteiger partial charge in [0.2, 0.25) is 0 Å². The maximum atomic E-state index is 10.4. The van der Waals surface area contributed by atoms with E-state index >= 15 is 0 Å². The summed E-state index contributed by atoms with van der Waals surface area (Å²) in [5.41, 5.74) is 0. The smallest absolute Gasteiger partial charge is 0.303 e. The van der Waals surface area contributed by atoms with Crippen molar-refractivity contribution in [1.82, 2.24) is 0 Å². The van der Waals surface area contributed by atoms with Crippen molar-refractivity contribution in [2.24, 2.45) is 11.8 Å². The number of hydrogen-bond acceptors (Lipinski definition) is 3. The van der Waals surface area contributed by atoms with Gasteiger partial charge in [-0.3, -0.25) is 4.79 Å². The summed E-state index contributed by atoms with van der Waals surface area (Å²) < 4.78 is 0. The van der Waals surface area contributed by atoms with Crippen molar-refractivity contribution in [3.63, 3.8) is 0 Å². The van der Waals surface area contributed by atoms with E-state index < -0.39 is 12.1 Å². The van der Waals surface area contributed by atoms with E-state index in [1.54, 1.807) is 0 Å². The normalized spacial score (nSPS) is 35.3. The van der Waals surface area contributed by atoms with Crippen molar-refractivity contribution in [3.8, 4) is 0 Å². The summed E-state index contributed by atoms with van der Waals surface area (Å²) in [5, 5.41) is 26.7. The van der Waals surface area contributed by atoms with Crippen LogP contribution in [-0.4, -0.2) is 34.0 Å². The van der Waals surface area contributed by atoms with Crippen molar-refractivity contribution in [2.45, 2.75) is 25.4 Å². The molecule has 0 bridgehead atoms. The summed E-state index contributed by atoms with van der Waals surface area (Å²) in [7, 11) is 0. The molecule has 0 aromatic heterocycles. The Balaban J connectivity index is 2.48. The molecule has 3 N–H and O–H groups in total. The zero-order chi connectivity index (χ0) is 9.14.